The maximum Gasteiger partial charge on any atom is 0.120 e. The number of phenolic OH excluding ortho intramolecular Hbond substituents is 1. The molecule has 3 heteroatoms. The molecule has 0 aliphatic rings. The van der Waals surface area contributed by atoms with E-state index < -0.39 is 0 Å². The average Bonchev–Trinajstić information content (AvgIpc) is 2.34. The lowest BCUT2D eigenvalue weighted by Gasteiger charge is -2.20. The maximum absolute atomic E-state index is 9.84. The lowest BCUT2D eigenvalue weighted by molar-refractivity contribution is 0.467. The van der Waals surface area contributed by atoms with Gasteiger partial charge in [0.15, 0.2) is 0 Å². The van der Waals surface area contributed by atoms with E-state index in [4.69, 9.17) is 0 Å². The summed E-state index contributed by atoms with van der Waals surface area (Å²) in [6.07, 6.45) is 0. The highest BCUT2D eigenvalue weighted by molar-refractivity contribution is 9.10. The Bertz CT molecular complexity index is 554. The third-order valence-corrected chi connectivity index (χ3v) is 3.38. The first kappa shape index (κ1) is 13.0. The van der Waals surface area contributed by atoms with Gasteiger partial charge in [0, 0.05) is 29.3 Å². The molecule has 0 heterocycles. The zero-order valence-electron chi connectivity index (χ0n) is 10.5. The van der Waals surface area contributed by atoms with Crippen molar-refractivity contribution in [1.82, 2.24) is 0 Å². The molecule has 2 aromatic rings. The Kier molecular flexibility index (Phi) is 3.92. The summed E-state index contributed by atoms with van der Waals surface area (Å²) < 4.78 is 0.980. The van der Waals surface area contributed by atoms with E-state index in [1.54, 1.807) is 6.07 Å². The van der Waals surface area contributed by atoms with E-state index in [1.807, 2.05) is 25.2 Å². The smallest absolute Gasteiger partial charge is 0.120 e. The van der Waals surface area contributed by atoms with Crippen LogP contribution in [0.3, 0.4) is 0 Å². The van der Waals surface area contributed by atoms with Gasteiger partial charge in [-0.25, -0.2) is 0 Å². The van der Waals surface area contributed by atoms with Crippen molar-refractivity contribution in [3.05, 3.63) is 58.1 Å². The van der Waals surface area contributed by atoms with Crippen LogP contribution in [0.1, 0.15) is 11.1 Å². The third-order valence-electron chi connectivity index (χ3n) is 2.89. The predicted octanol–water partition coefficient (Wildman–Crippen LogP) is 4.10. The maximum atomic E-state index is 9.84. The van der Waals surface area contributed by atoms with Gasteiger partial charge in [0.05, 0.1) is 0 Å². The van der Waals surface area contributed by atoms with Crippen LogP contribution >= 0.6 is 15.9 Å². The minimum absolute atomic E-state index is 0.331. The van der Waals surface area contributed by atoms with E-state index >= 15 is 0 Å². The quantitative estimate of drug-likeness (QED) is 0.923. The molecule has 94 valence electrons. The van der Waals surface area contributed by atoms with Gasteiger partial charge in [-0.15, -0.1) is 0 Å². The van der Waals surface area contributed by atoms with E-state index in [2.05, 4.69) is 46.0 Å². The summed E-state index contributed by atoms with van der Waals surface area (Å²) in [6, 6.07) is 13.8. The lowest BCUT2D eigenvalue weighted by atomic mass is 10.1. The molecule has 0 bridgehead atoms. The first-order valence-corrected chi connectivity index (χ1v) is 6.61. The summed E-state index contributed by atoms with van der Waals surface area (Å²) in [5.74, 6) is 0.331. The lowest BCUT2D eigenvalue weighted by Crippen LogP contribution is -2.16. The van der Waals surface area contributed by atoms with Crippen molar-refractivity contribution in [3.63, 3.8) is 0 Å². The fourth-order valence-corrected chi connectivity index (χ4v) is 2.30. The van der Waals surface area contributed by atoms with Gasteiger partial charge in [-0.2, -0.15) is 0 Å². The second-order valence-electron chi connectivity index (χ2n) is 4.47. The number of aromatic hydroxyl groups is 1. The Balaban J connectivity index is 2.21. The molecule has 0 aliphatic heterocycles. The van der Waals surface area contributed by atoms with Crippen LogP contribution in [-0.4, -0.2) is 12.2 Å². The molecule has 0 radical (unpaired) electrons. The number of benzene rings is 2. The monoisotopic (exact) mass is 305 g/mol. The molecule has 1 N–H and O–H groups in total. The van der Waals surface area contributed by atoms with Crippen molar-refractivity contribution in [1.29, 1.82) is 0 Å². The number of rotatable bonds is 3. The van der Waals surface area contributed by atoms with Crippen LogP contribution in [0.25, 0.3) is 0 Å². The first-order chi connectivity index (χ1) is 8.56. The summed E-state index contributed by atoms with van der Waals surface area (Å²) >= 11 is 3.42. The van der Waals surface area contributed by atoms with Gasteiger partial charge in [-0.1, -0.05) is 28.1 Å². The van der Waals surface area contributed by atoms with E-state index in [0.29, 0.717) is 12.3 Å². The molecule has 0 aliphatic carbocycles. The highest BCUT2D eigenvalue weighted by Crippen LogP contribution is 2.25. The normalized spacial score (nSPS) is 10.4. The number of halogens is 1. The Morgan fingerprint density at radius 2 is 1.94 bits per heavy atom. The molecule has 0 atom stereocenters. The van der Waals surface area contributed by atoms with Gasteiger partial charge in [-0.05, 0) is 42.8 Å². The third kappa shape index (κ3) is 3.05. The van der Waals surface area contributed by atoms with Crippen molar-refractivity contribution in [2.24, 2.45) is 0 Å². The largest absolute Gasteiger partial charge is 0.508 e. The molecule has 18 heavy (non-hydrogen) atoms. The van der Waals surface area contributed by atoms with Crippen molar-refractivity contribution in [3.8, 4) is 5.75 Å². The zero-order valence-corrected chi connectivity index (χ0v) is 12.1. The Labute approximate surface area is 116 Å². The minimum Gasteiger partial charge on any atom is -0.508 e. The fourth-order valence-electron chi connectivity index (χ4n) is 1.89. The van der Waals surface area contributed by atoms with Crippen LogP contribution in [0, 0.1) is 6.92 Å². The van der Waals surface area contributed by atoms with Gasteiger partial charge in [0.2, 0.25) is 0 Å². The van der Waals surface area contributed by atoms with Crippen LogP contribution in [0.15, 0.2) is 46.9 Å². The van der Waals surface area contributed by atoms with Crippen LogP contribution in [-0.2, 0) is 6.54 Å². The van der Waals surface area contributed by atoms with Gasteiger partial charge in [-0.3, -0.25) is 0 Å². The molecule has 0 spiro atoms. The first-order valence-electron chi connectivity index (χ1n) is 5.81. The molecule has 0 saturated carbocycles. The van der Waals surface area contributed by atoms with Gasteiger partial charge in [0.25, 0.3) is 0 Å². The number of hydrogen-bond acceptors (Lipinski definition) is 2. The number of nitrogens with zero attached hydrogens (tertiary/aromatic N) is 1. The summed E-state index contributed by atoms with van der Waals surface area (Å²) in [6.45, 7) is 2.75. The number of anilines is 1. The molecule has 0 unspecified atom stereocenters. The van der Waals surface area contributed by atoms with Gasteiger partial charge < -0.3 is 10.0 Å². The molecule has 0 saturated heterocycles. The van der Waals surface area contributed by atoms with Crippen molar-refractivity contribution < 1.29 is 5.11 Å². The summed E-state index contributed by atoms with van der Waals surface area (Å²) in [5, 5.41) is 9.84. The molecule has 2 rings (SSSR count). The predicted molar refractivity (Wildman–Crippen MR) is 79.1 cm³/mol. The highest BCUT2D eigenvalue weighted by Gasteiger charge is 2.06. The van der Waals surface area contributed by atoms with Crippen LogP contribution in [0.5, 0.6) is 5.75 Å². The fraction of sp³-hybridized carbons (Fsp3) is 0.200. The summed E-state index contributed by atoms with van der Waals surface area (Å²) in [4.78, 5) is 2.12. The van der Waals surface area contributed by atoms with Gasteiger partial charge >= 0.3 is 0 Å². The van der Waals surface area contributed by atoms with Crippen LogP contribution in [0.4, 0.5) is 5.69 Å². The topological polar surface area (TPSA) is 23.5 Å². The highest BCUT2D eigenvalue weighted by atomic mass is 79.9. The second kappa shape index (κ2) is 5.44. The Morgan fingerprint density at radius 3 is 2.67 bits per heavy atom. The standard InChI is InChI=1S/C15H16BrNO/c1-11-4-3-5-14(8-11)17(2)10-12-9-13(16)6-7-15(12)18/h3-9,18H,10H2,1-2H3. The molecule has 0 amide bonds. The molecular weight excluding hydrogens is 290 g/mol. The Morgan fingerprint density at radius 1 is 1.17 bits per heavy atom. The zero-order chi connectivity index (χ0) is 13.1. The summed E-state index contributed by atoms with van der Waals surface area (Å²) in [5.41, 5.74) is 3.29. The molecular formula is C15H16BrNO. The molecule has 2 nitrogen and oxygen atoms in total. The van der Waals surface area contributed by atoms with E-state index in [-0.39, 0.29) is 0 Å². The average molecular weight is 306 g/mol. The molecule has 2 aromatic carbocycles. The van der Waals surface area contributed by atoms with Crippen molar-refractivity contribution >= 4 is 21.6 Å². The molecule has 0 aromatic heterocycles. The van der Waals surface area contributed by atoms with Crippen LogP contribution < -0.4 is 4.90 Å². The van der Waals surface area contributed by atoms with Crippen molar-refractivity contribution in [2.75, 3.05) is 11.9 Å². The second-order valence-corrected chi connectivity index (χ2v) is 5.38. The van der Waals surface area contributed by atoms with E-state index in [1.165, 1.54) is 5.56 Å². The minimum atomic E-state index is 0.331. The SMILES string of the molecule is Cc1cccc(N(C)Cc2cc(Br)ccc2O)c1. The number of aryl methyl sites for hydroxylation is 1. The number of hydrogen-bond donors (Lipinski definition) is 1. The van der Waals surface area contributed by atoms with Gasteiger partial charge in [0.1, 0.15) is 5.75 Å². The molecule has 0 fully saturated rings. The Hall–Kier alpha value is -1.48. The van der Waals surface area contributed by atoms with Crippen molar-refractivity contribution in [2.45, 2.75) is 13.5 Å². The number of phenols is 1. The summed E-state index contributed by atoms with van der Waals surface area (Å²) in [7, 11) is 2.02. The van der Waals surface area contributed by atoms with E-state index in [9.17, 15) is 5.11 Å². The van der Waals surface area contributed by atoms with Crippen LogP contribution in [0.2, 0.25) is 0 Å². The van der Waals surface area contributed by atoms with E-state index in [0.717, 1.165) is 15.7 Å².